The summed E-state index contributed by atoms with van der Waals surface area (Å²) in [5.74, 6) is 2.34. The van der Waals surface area contributed by atoms with Gasteiger partial charge in [-0.3, -0.25) is 0 Å². The average Bonchev–Trinajstić information content (AvgIpc) is 2.37. The predicted octanol–water partition coefficient (Wildman–Crippen LogP) is 4.38. The van der Waals surface area contributed by atoms with Crippen molar-refractivity contribution >= 4 is 0 Å². The van der Waals surface area contributed by atoms with Gasteiger partial charge in [0, 0.05) is 0 Å². The summed E-state index contributed by atoms with van der Waals surface area (Å²) in [4.78, 5) is 0. The van der Waals surface area contributed by atoms with Gasteiger partial charge in [-0.1, -0.05) is 39.5 Å². The molecule has 2 heteroatoms. The van der Waals surface area contributed by atoms with Gasteiger partial charge in [-0.2, -0.15) is 0 Å². The zero-order valence-electron chi connectivity index (χ0n) is 12.4. The second kappa shape index (κ2) is 6.91. The van der Waals surface area contributed by atoms with Gasteiger partial charge in [-0.05, 0) is 43.9 Å². The van der Waals surface area contributed by atoms with Crippen molar-refractivity contribution in [2.45, 2.75) is 78.1 Å². The van der Waals surface area contributed by atoms with E-state index in [1.54, 1.807) is 0 Å². The summed E-state index contributed by atoms with van der Waals surface area (Å²) in [5.41, 5.74) is 0. The van der Waals surface area contributed by atoms with Gasteiger partial charge in [0.1, 0.15) is 0 Å². The fourth-order valence-electron chi connectivity index (χ4n) is 3.66. The van der Waals surface area contributed by atoms with Crippen molar-refractivity contribution in [1.29, 1.82) is 0 Å². The quantitative estimate of drug-likeness (QED) is 0.678. The molecule has 0 spiro atoms. The minimum atomic E-state index is -0.0296. The van der Waals surface area contributed by atoms with Crippen molar-refractivity contribution in [2.24, 2.45) is 17.8 Å². The summed E-state index contributed by atoms with van der Waals surface area (Å²) in [6.45, 7) is 7.24. The van der Waals surface area contributed by atoms with Gasteiger partial charge in [0.25, 0.3) is 0 Å². The zero-order valence-corrected chi connectivity index (χ0v) is 12.4. The molecule has 2 nitrogen and oxygen atoms in total. The van der Waals surface area contributed by atoms with Crippen molar-refractivity contribution in [3.63, 3.8) is 0 Å². The van der Waals surface area contributed by atoms with Crippen LogP contribution in [0.2, 0.25) is 0 Å². The van der Waals surface area contributed by atoms with Crippen LogP contribution in [0.4, 0.5) is 0 Å². The van der Waals surface area contributed by atoms with Crippen LogP contribution in [0, 0.1) is 17.8 Å². The van der Waals surface area contributed by atoms with Gasteiger partial charge >= 0.3 is 0 Å². The number of hydrogen-bond donors (Lipinski definition) is 0. The van der Waals surface area contributed by atoms with Crippen LogP contribution in [-0.2, 0) is 9.47 Å². The molecule has 0 saturated heterocycles. The largest absolute Gasteiger partial charge is 0.353 e. The van der Waals surface area contributed by atoms with Crippen LogP contribution >= 0.6 is 0 Å². The summed E-state index contributed by atoms with van der Waals surface area (Å²) in [6, 6.07) is 0. The van der Waals surface area contributed by atoms with Gasteiger partial charge in [0.2, 0.25) is 0 Å². The molecule has 2 rings (SSSR count). The van der Waals surface area contributed by atoms with E-state index in [-0.39, 0.29) is 6.29 Å². The molecule has 2 saturated carbocycles. The van der Waals surface area contributed by atoms with Crippen LogP contribution in [0.25, 0.3) is 0 Å². The Morgan fingerprint density at radius 1 is 0.944 bits per heavy atom. The highest BCUT2D eigenvalue weighted by Crippen LogP contribution is 2.42. The standard InChI is InChI=1S/C16H30O2/c1-12(2)11-17-13(3)18-16-10-6-8-14-7-4-5-9-15(14)16/h12-16H,4-11H2,1-3H3. The molecule has 0 amide bonds. The molecule has 2 aliphatic carbocycles. The molecule has 4 unspecified atom stereocenters. The van der Waals surface area contributed by atoms with E-state index in [1.807, 2.05) is 0 Å². The van der Waals surface area contributed by atoms with Crippen molar-refractivity contribution in [1.82, 2.24) is 0 Å². The lowest BCUT2D eigenvalue weighted by atomic mass is 9.69. The lowest BCUT2D eigenvalue weighted by Gasteiger charge is -2.42. The van der Waals surface area contributed by atoms with Crippen LogP contribution in [0.5, 0.6) is 0 Å². The third-order valence-corrected chi connectivity index (χ3v) is 4.54. The highest BCUT2D eigenvalue weighted by molar-refractivity contribution is 4.86. The molecular formula is C16H30O2. The summed E-state index contributed by atoms with van der Waals surface area (Å²) < 4.78 is 12.0. The molecule has 0 radical (unpaired) electrons. The lowest BCUT2D eigenvalue weighted by molar-refractivity contribution is -0.191. The minimum absolute atomic E-state index is 0.0296. The smallest absolute Gasteiger partial charge is 0.155 e. The van der Waals surface area contributed by atoms with Crippen LogP contribution in [-0.4, -0.2) is 19.0 Å². The van der Waals surface area contributed by atoms with E-state index in [2.05, 4.69) is 20.8 Å². The van der Waals surface area contributed by atoms with E-state index in [9.17, 15) is 0 Å². The molecule has 4 atom stereocenters. The van der Waals surface area contributed by atoms with Gasteiger partial charge in [-0.25, -0.2) is 0 Å². The Balaban J connectivity index is 1.79. The molecule has 18 heavy (non-hydrogen) atoms. The van der Waals surface area contributed by atoms with Crippen LogP contribution in [0.15, 0.2) is 0 Å². The van der Waals surface area contributed by atoms with E-state index in [0.717, 1.165) is 18.4 Å². The Hall–Kier alpha value is -0.0800. The minimum Gasteiger partial charge on any atom is -0.353 e. The number of rotatable bonds is 5. The molecular weight excluding hydrogens is 224 g/mol. The van der Waals surface area contributed by atoms with Gasteiger partial charge in [0.15, 0.2) is 6.29 Å². The first-order chi connectivity index (χ1) is 8.66. The molecule has 0 aromatic heterocycles. The van der Waals surface area contributed by atoms with Gasteiger partial charge < -0.3 is 9.47 Å². The summed E-state index contributed by atoms with van der Waals surface area (Å²) >= 11 is 0. The second-order valence-electron chi connectivity index (χ2n) is 6.61. The summed E-state index contributed by atoms with van der Waals surface area (Å²) in [6.07, 6.45) is 10.1. The summed E-state index contributed by atoms with van der Waals surface area (Å²) in [7, 11) is 0. The van der Waals surface area contributed by atoms with Crippen molar-refractivity contribution in [3.8, 4) is 0 Å². The third kappa shape index (κ3) is 3.96. The molecule has 2 aliphatic rings. The fourth-order valence-corrected chi connectivity index (χ4v) is 3.66. The van der Waals surface area contributed by atoms with Crippen LogP contribution in [0.1, 0.15) is 65.7 Å². The summed E-state index contributed by atoms with van der Waals surface area (Å²) in [5, 5.41) is 0. The monoisotopic (exact) mass is 254 g/mol. The Bertz CT molecular complexity index is 237. The van der Waals surface area contributed by atoms with E-state index in [0.29, 0.717) is 12.0 Å². The molecule has 0 bridgehead atoms. The Morgan fingerprint density at radius 3 is 2.44 bits per heavy atom. The highest BCUT2D eigenvalue weighted by Gasteiger charge is 2.36. The first kappa shape index (κ1) is 14.3. The maximum absolute atomic E-state index is 6.19. The number of fused-ring (bicyclic) bond motifs is 1. The normalized spacial score (nSPS) is 34.3. The SMILES string of the molecule is CC(C)COC(C)OC1CCCC2CCCCC21. The molecule has 0 aromatic rings. The first-order valence-electron chi connectivity index (χ1n) is 7.94. The number of ether oxygens (including phenoxy) is 2. The maximum Gasteiger partial charge on any atom is 0.155 e. The van der Waals surface area contributed by atoms with Crippen molar-refractivity contribution in [3.05, 3.63) is 0 Å². The van der Waals surface area contributed by atoms with E-state index in [4.69, 9.17) is 9.47 Å². The molecule has 2 fully saturated rings. The van der Waals surface area contributed by atoms with E-state index >= 15 is 0 Å². The molecule has 106 valence electrons. The molecule has 0 aromatic carbocycles. The van der Waals surface area contributed by atoms with E-state index in [1.165, 1.54) is 44.9 Å². The van der Waals surface area contributed by atoms with E-state index < -0.39 is 0 Å². The Kier molecular flexibility index (Phi) is 5.50. The molecule has 0 heterocycles. The maximum atomic E-state index is 6.19. The number of hydrogen-bond acceptors (Lipinski definition) is 2. The highest BCUT2D eigenvalue weighted by atomic mass is 16.7. The first-order valence-corrected chi connectivity index (χ1v) is 7.94. The molecule has 0 N–H and O–H groups in total. The van der Waals surface area contributed by atoms with Crippen molar-refractivity contribution in [2.75, 3.05) is 6.61 Å². The Morgan fingerprint density at radius 2 is 1.67 bits per heavy atom. The van der Waals surface area contributed by atoms with Crippen LogP contribution in [0.3, 0.4) is 0 Å². The van der Waals surface area contributed by atoms with Gasteiger partial charge in [-0.15, -0.1) is 0 Å². The lowest BCUT2D eigenvalue weighted by Crippen LogP contribution is -2.38. The average molecular weight is 254 g/mol. The second-order valence-corrected chi connectivity index (χ2v) is 6.61. The Labute approximate surface area is 112 Å². The zero-order chi connectivity index (χ0) is 13.0. The van der Waals surface area contributed by atoms with Gasteiger partial charge in [0.05, 0.1) is 12.7 Å². The topological polar surface area (TPSA) is 18.5 Å². The third-order valence-electron chi connectivity index (χ3n) is 4.54. The predicted molar refractivity (Wildman–Crippen MR) is 74.4 cm³/mol. The van der Waals surface area contributed by atoms with Crippen molar-refractivity contribution < 1.29 is 9.47 Å². The molecule has 0 aliphatic heterocycles. The fraction of sp³-hybridized carbons (Fsp3) is 1.00. The van der Waals surface area contributed by atoms with Crippen LogP contribution < -0.4 is 0 Å².